The van der Waals surface area contributed by atoms with E-state index in [9.17, 15) is 14.7 Å². The average molecular weight is 549 g/mol. The number of phenols is 1. The first-order valence-corrected chi connectivity index (χ1v) is 14.4. The first kappa shape index (κ1) is 18.9. The van der Waals surface area contributed by atoms with Crippen molar-refractivity contribution in [1.82, 2.24) is 0 Å². The quantitative estimate of drug-likeness (QED) is 0.254. The van der Waals surface area contributed by atoms with Crippen LogP contribution < -0.4 is 22.0 Å². The summed E-state index contributed by atoms with van der Waals surface area (Å²) in [5.41, 5.74) is 2.22. The van der Waals surface area contributed by atoms with Crippen LogP contribution in [0.15, 0.2) is 52.6 Å². The van der Waals surface area contributed by atoms with Crippen LogP contribution in [0.5, 0.6) is 11.5 Å². The molecule has 2 aromatic carbocycles. The van der Waals surface area contributed by atoms with Gasteiger partial charge in [0.1, 0.15) is 0 Å². The Morgan fingerprint density at radius 2 is 2.00 bits per heavy atom. The molecule has 1 N–H and O–H groups in total. The Morgan fingerprint density at radius 1 is 1.25 bits per heavy atom. The zero-order chi connectivity index (χ0) is 17.7. The molecule has 24 heavy (non-hydrogen) atoms. The summed E-state index contributed by atoms with van der Waals surface area (Å²) in [4.78, 5) is 23.3. The maximum atomic E-state index is 12.0. The summed E-state index contributed by atoms with van der Waals surface area (Å²) in [6.07, 6.45) is 0.331. The Bertz CT molecular complexity index is 799. The van der Waals surface area contributed by atoms with E-state index in [0.717, 1.165) is 11.1 Å². The number of rotatable bonds is 6. The van der Waals surface area contributed by atoms with Crippen molar-refractivity contribution in [3.63, 3.8) is 0 Å². The zero-order valence-electron chi connectivity index (χ0n) is 12.9. The number of phenolic OH excluding ortho intramolecular Hbond substituents is 1. The van der Waals surface area contributed by atoms with E-state index in [4.69, 9.17) is 4.74 Å². The van der Waals surface area contributed by atoms with Crippen LogP contribution in [0.3, 0.4) is 0 Å². The Hall–Kier alpha value is -1.42. The number of hydrogen-bond acceptors (Lipinski definition) is 4. The van der Waals surface area contributed by atoms with E-state index in [0.29, 0.717) is 21.3 Å². The van der Waals surface area contributed by atoms with Gasteiger partial charge in [0.15, 0.2) is 0 Å². The number of Topliss-reactive ketones (excluding diaryl/α,β-unsaturated/α-hetero) is 1. The predicted octanol–water partition coefficient (Wildman–Crippen LogP) is 1.05. The normalized spacial score (nSPS) is 10.4. The molecule has 0 aliphatic heterocycles. The standard InChI is InChI=1S/C18H15I2O4/c1-11(21)8-13-4-3-5-14(9-13)16-10-15(22)6-7-17(16)24-18(23)12(2)20-19/h3-7,9-10,22H,2,8H2,1H3/q-1. The first-order valence-electron chi connectivity index (χ1n) is 6.99. The van der Waals surface area contributed by atoms with Crippen LogP contribution >= 0.6 is 18.6 Å². The Labute approximate surface area is 160 Å². The number of halogens is 2. The number of esters is 1. The molecule has 0 atom stereocenters. The number of hydrogen-bond donors (Lipinski definition) is 1. The second-order valence-electron chi connectivity index (χ2n) is 5.13. The van der Waals surface area contributed by atoms with Gasteiger partial charge in [-0.25, -0.2) is 0 Å². The number of carbonyl (C=O) groups excluding carboxylic acids is 2. The van der Waals surface area contributed by atoms with Crippen molar-refractivity contribution in [2.24, 2.45) is 0 Å². The van der Waals surface area contributed by atoms with E-state index in [1.54, 1.807) is 6.07 Å². The summed E-state index contributed by atoms with van der Waals surface area (Å²) < 4.78 is 5.91. The van der Waals surface area contributed by atoms with E-state index < -0.39 is 23.2 Å². The Balaban J connectivity index is 2.42. The second kappa shape index (κ2) is 8.61. The van der Waals surface area contributed by atoms with Gasteiger partial charge in [-0.2, -0.15) is 0 Å². The molecule has 0 fully saturated rings. The summed E-state index contributed by atoms with van der Waals surface area (Å²) in [7, 11) is 0. The minimum absolute atomic E-state index is 0.0667. The predicted molar refractivity (Wildman–Crippen MR) is 96.7 cm³/mol. The van der Waals surface area contributed by atoms with E-state index in [1.165, 1.54) is 19.1 Å². The van der Waals surface area contributed by atoms with Gasteiger partial charge in [0.2, 0.25) is 0 Å². The van der Waals surface area contributed by atoms with E-state index in [1.807, 2.05) is 24.3 Å². The molecule has 0 bridgehead atoms. The average Bonchev–Trinajstić information content (AvgIpc) is 2.55. The van der Waals surface area contributed by atoms with Crippen LogP contribution in [0.2, 0.25) is 0 Å². The molecule has 0 aliphatic rings. The van der Waals surface area contributed by atoms with Crippen molar-refractivity contribution >= 4 is 30.4 Å². The third kappa shape index (κ3) is 5.04. The van der Waals surface area contributed by atoms with E-state index in [2.05, 4.69) is 25.2 Å². The van der Waals surface area contributed by atoms with Crippen LogP contribution in [0.1, 0.15) is 12.5 Å². The van der Waals surface area contributed by atoms with Gasteiger partial charge in [-0.3, -0.25) is 0 Å². The molecule has 4 nitrogen and oxygen atoms in total. The van der Waals surface area contributed by atoms with Crippen molar-refractivity contribution in [3.05, 3.63) is 58.2 Å². The Kier molecular flexibility index (Phi) is 6.79. The summed E-state index contributed by atoms with van der Waals surface area (Å²) in [6.45, 7) is 5.25. The van der Waals surface area contributed by atoms with Gasteiger partial charge in [-0.05, 0) is 0 Å². The second-order valence-corrected chi connectivity index (χ2v) is 9.57. The summed E-state index contributed by atoms with van der Waals surface area (Å²) in [5, 5.41) is 9.80. The maximum absolute atomic E-state index is 12.0. The van der Waals surface area contributed by atoms with Gasteiger partial charge in [0.05, 0.1) is 0 Å². The third-order valence-electron chi connectivity index (χ3n) is 3.16. The van der Waals surface area contributed by atoms with E-state index in [-0.39, 0.29) is 11.5 Å². The van der Waals surface area contributed by atoms with Gasteiger partial charge in [-0.15, -0.1) is 0 Å². The molecule has 0 aromatic heterocycles. The topological polar surface area (TPSA) is 63.6 Å². The molecule has 0 saturated heterocycles. The molecular formula is C18H15I2O4-. The van der Waals surface area contributed by atoms with Gasteiger partial charge in [0, 0.05) is 0 Å². The van der Waals surface area contributed by atoms with Crippen LogP contribution in [-0.4, -0.2) is 16.9 Å². The fourth-order valence-electron chi connectivity index (χ4n) is 2.15. The van der Waals surface area contributed by atoms with Crippen molar-refractivity contribution in [2.45, 2.75) is 13.3 Å². The van der Waals surface area contributed by atoms with Gasteiger partial charge < -0.3 is 0 Å². The van der Waals surface area contributed by atoms with Crippen molar-refractivity contribution in [3.8, 4) is 22.6 Å². The molecule has 2 rings (SSSR count). The molecule has 0 amide bonds. The first-order chi connectivity index (χ1) is 11.4. The summed E-state index contributed by atoms with van der Waals surface area (Å²) in [6, 6.07) is 12.0. The third-order valence-corrected chi connectivity index (χ3v) is 7.40. The summed E-state index contributed by atoms with van der Waals surface area (Å²) in [5.74, 6) is 0.0377. The summed E-state index contributed by atoms with van der Waals surface area (Å²) >= 11 is 1.68. The monoisotopic (exact) mass is 549 g/mol. The SMILES string of the molecule is C=C([I-]I)C(=O)Oc1ccc(O)cc1-c1cccc(CC(C)=O)c1. The molecular weight excluding hydrogens is 534 g/mol. The molecule has 0 heterocycles. The molecule has 6 heteroatoms. The molecule has 0 spiro atoms. The number of aromatic hydroxyl groups is 1. The minimum atomic E-state index is -0.467. The van der Waals surface area contributed by atoms with Gasteiger partial charge in [0.25, 0.3) is 0 Å². The van der Waals surface area contributed by atoms with Gasteiger partial charge in [-0.1, -0.05) is 0 Å². The number of benzene rings is 2. The zero-order valence-corrected chi connectivity index (χ0v) is 17.2. The van der Waals surface area contributed by atoms with Crippen LogP contribution in [0, 0.1) is 0 Å². The molecule has 0 unspecified atom stereocenters. The van der Waals surface area contributed by atoms with Crippen molar-refractivity contribution < 1.29 is 36.7 Å². The van der Waals surface area contributed by atoms with E-state index >= 15 is 0 Å². The molecule has 0 aliphatic carbocycles. The number of ketones is 1. The number of ether oxygens (including phenoxy) is 1. The van der Waals surface area contributed by atoms with Gasteiger partial charge >= 0.3 is 161 Å². The molecule has 0 radical (unpaired) electrons. The van der Waals surface area contributed by atoms with Crippen LogP contribution in [-0.2, 0) is 16.0 Å². The fraction of sp³-hybridized carbons (Fsp3) is 0.111. The van der Waals surface area contributed by atoms with Crippen molar-refractivity contribution in [1.29, 1.82) is 0 Å². The van der Waals surface area contributed by atoms with Crippen molar-refractivity contribution in [2.75, 3.05) is 0 Å². The molecule has 2 aromatic rings. The molecule has 126 valence electrons. The number of carbonyl (C=O) groups is 2. The van der Waals surface area contributed by atoms with Crippen LogP contribution in [0.4, 0.5) is 0 Å². The fourth-order valence-corrected chi connectivity index (χ4v) is 3.55. The van der Waals surface area contributed by atoms with Crippen LogP contribution in [0.25, 0.3) is 11.1 Å². The molecule has 0 saturated carbocycles. The Morgan fingerprint density at radius 3 is 2.67 bits per heavy atom.